The zero-order chi connectivity index (χ0) is 25.4. The minimum atomic E-state index is -4.51. The highest BCUT2D eigenvalue weighted by Gasteiger charge is 2.35. The second kappa shape index (κ2) is 9.43. The number of carbonyl (C=O) groups is 1. The van der Waals surface area contributed by atoms with Crippen LogP contribution in [0.4, 0.5) is 13.2 Å². The summed E-state index contributed by atoms with van der Waals surface area (Å²) < 4.78 is 43.7. The zero-order valence-electron chi connectivity index (χ0n) is 19.7. The summed E-state index contributed by atoms with van der Waals surface area (Å²) in [7, 11) is 0. The largest absolute Gasteiger partial charge is 0.456 e. The van der Waals surface area contributed by atoms with Crippen molar-refractivity contribution in [2.75, 3.05) is 26.2 Å². The van der Waals surface area contributed by atoms with E-state index in [1.807, 2.05) is 0 Å². The molecule has 1 aromatic carbocycles. The number of aromatic nitrogens is 2. The molecule has 1 aliphatic rings. The number of fused-ring (bicyclic) bond motifs is 1. The van der Waals surface area contributed by atoms with Gasteiger partial charge in [0.2, 0.25) is 0 Å². The summed E-state index contributed by atoms with van der Waals surface area (Å²) in [5, 5.41) is 10.6. The van der Waals surface area contributed by atoms with Crippen molar-refractivity contribution < 1.29 is 27.8 Å². The molecular weight excluding hydrogens is 461 g/mol. The van der Waals surface area contributed by atoms with E-state index in [1.54, 1.807) is 35.2 Å². The molecule has 0 aliphatic carbocycles. The number of nitrogens with zero attached hydrogens (tertiary/aromatic N) is 4. The van der Waals surface area contributed by atoms with Crippen LogP contribution in [0, 0.1) is 0 Å². The van der Waals surface area contributed by atoms with E-state index < -0.39 is 11.9 Å². The number of amides is 1. The highest BCUT2D eigenvalue weighted by molar-refractivity contribution is 5.95. The maximum Gasteiger partial charge on any atom is 0.433 e. The normalized spacial score (nSPS) is 17.6. The Balaban J connectivity index is 1.47. The lowest BCUT2D eigenvalue weighted by Gasteiger charge is -2.47. The van der Waals surface area contributed by atoms with Crippen LogP contribution < -0.4 is 4.74 Å². The highest BCUT2D eigenvalue weighted by atomic mass is 19.4. The van der Waals surface area contributed by atoms with Crippen LogP contribution in [0.5, 0.6) is 11.5 Å². The molecule has 35 heavy (non-hydrogen) atoms. The topological polar surface area (TPSA) is 78.8 Å². The molecule has 1 saturated heterocycles. The van der Waals surface area contributed by atoms with Gasteiger partial charge >= 0.3 is 6.18 Å². The van der Waals surface area contributed by atoms with Crippen LogP contribution >= 0.6 is 0 Å². The van der Waals surface area contributed by atoms with Gasteiger partial charge in [0.25, 0.3) is 5.91 Å². The molecule has 1 amide bonds. The molecule has 0 saturated carbocycles. The monoisotopic (exact) mass is 488 g/mol. The number of carbonyl (C=O) groups excluding carboxylic acids is 1. The lowest BCUT2D eigenvalue weighted by molar-refractivity contribution is -0.141. The molecule has 0 spiro atoms. The maximum absolute atomic E-state index is 13.1. The molecule has 0 unspecified atom stereocenters. The van der Waals surface area contributed by atoms with E-state index in [2.05, 4.69) is 35.6 Å². The predicted molar refractivity (Wildman–Crippen MR) is 124 cm³/mol. The third-order valence-corrected chi connectivity index (χ3v) is 5.98. The summed E-state index contributed by atoms with van der Waals surface area (Å²) in [5.74, 6) is 0.379. The molecule has 0 bridgehead atoms. The molecule has 0 radical (unpaired) electrons. The molecule has 10 heteroatoms. The van der Waals surface area contributed by atoms with Crippen molar-refractivity contribution in [3.63, 3.8) is 0 Å². The van der Waals surface area contributed by atoms with Crippen LogP contribution in [0.25, 0.3) is 10.9 Å². The van der Waals surface area contributed by atoms with Crippen LogP contribution in [-0.4, -0.2) is 68.6 Å². The third kappa shape index (κ3) is 5.54. The first-order valence-corrected chi connectivity index (χ1v) is 11.2. The minimum absolute atomic E-state index is 0.0383. The Morgan fingerprint density at radius 2 is 1.83 bits per heavy atom. The van der Waals surface area contributed by atoms with Gasteiger partial charge in [-0.25, -0.2) is 9.97 Å². The lowest BCUT2D eigenvalue weighted by atomic mass is 10.0. The predicted octanol–water partition coefficient (Wildman–Crippen LogP) is 4.36. The summed E-state index contributed by atoms with van der Waals surface area (Å²) >= 11 is 0. The number of pyridine rings is 2. The number of ether oxygens (including phenoxy) is 1. The third-order valence-electron chi connectivity index (χ3n) is 5.98. The molecule has 3 aromatic rings. The fourth-order valence-corrected chi connectivity index (χ4v) is 4.27. The van der Waals surface area contributed by atoms with Crippen LogP contribution in [0.15, 0.2) is 48.7 Å². The quantitative estimate of drug-likeness (QED) is 0.588. The van der Waals surface area contributed by atoms with Crippen molar-refractivity contribution in [2.45, 2.75) is 38.5 Å². The molecule has 7 nitrogen and oxygen atoms in total. The van der Waals surface area contributed by atoms with E-state index in [1.165, 1.54) is 6.07 Å². The number of alkyl halides is 3. The van der Waals surface area contributed by atoms with Crippen molar-refractivity contribution >= 4 is 16.8 Å². The van der Waals surface area contributed by atoms with Gasteiger partial charge in [-0.1, -0.05) is 6.07 Å². The van der Waals surface area contributed by atoms with E-state index in [-0.39, 0.29) is 29.8 Å². The standard InChI is InChI=1S/C25H27F3N4O3/c1-24(2,3)32-11-10-31(14-17(32)15-33)23(34)21-7-4-16-12-18(5-8-20(16)30-21)35-19-6-9-22(29-13-19)25(26,27)28/h4-9,12-13,17,33H,10-11,14-15H2,1-3H3/t17-/m0/s1. The van der Waals surface area contributed by atoms with E-state index in [4.69, 9.17) is 4.74 Å². The number of hydrogen-bond donors (Lipinski definition) is 1. The molecule has 2 aromatic heterocycles. The number of halogens is 3. The Morgan fingerprint density at radius 1 is 1.09 bits per heavy atom. The average molecular weight is 489 g/mol. The number of rotatable bonds is 4. The molecule has 1 N–H and O–H groups in total. The number of piperazine rings is 1. The number of aliphatic hydroxyl groups is 1. The fraction of sp³-hybridized carbons (Fsp3) is 0.400. The van der Waals surface area contributed by atoms with Crippen molar-refractivity contribution in [2.24, 2.45) is 0 Å². The SMILES string of the molecule is CC(C)(C)N1CCN(C(=O)c2ccc3cc(Oc4ccc(C(F)(F)F)nc4)ccc3n2)C[C@H]1CO. The molecular formula is C25H27F3N4O3. The summed E-state index contributed by atoms with van der Waals surface area (Å²) in [4.78, 5) is 24.9. The van der Waals surface area contributed by atoms with E-state index in [0.29, 0.717) is 42.0 Å². The molecule has 186 valence electrons. The Morgan fingerprint density at radius 3 is 2.46 bits per heavy atom. The van der Waals surface area contributed by atoms with Gasteiger partial charge in [0, 0.05) is 30.6 Å². The molecule has 1 fully saturated rings. The van der Waals surface area contributed by atoms with Gasteiger partial charge in [-0.2, -0.15) is 13.2 Å². The van der Waals surface area contributed by atoms with E-state index in [0.717, 1.165) is 12.3 Å². The molecule has 1 atom stereocenters. The van der Waals surface area contributed by atoms with Crippen molar-refractivity contribution in [3.8, 4) is 11.5 Å². The maximum atomic E-state index is 13.1. The summed E-state index contributed by atoms with van der Waals surface area (Å²) in [6.45, 7) is 7.84. The second-order valence-corrected chi connectivity index (χ2v) is 9.48. The lowest BCUT2D eigenvalue weighted by Crippen LogP contribution is -2.61. The Bertz CT molecular complexity index is 1210. The van der Waals surface area contributed by atoms with Gasteiger partial charge in [0.05, 0.1) is 24.4 Å². The first-order valence-electron chi connectivity index (χ1n) is 11.2. The minimum Gasteiger partial charge on any atom is -0.456 e. The number of hydrogen-bond acceptors (Lipinski definition) is 6. The van der Waals surface area contributed by atoms with Gasteiger partial charge in [0.1, 0.15) is 22.9 Å². The summed E-state index contributed by atoms with van der Waals surface area (Å²) in [6, 6.07) is 10.3. The van der Waals surface area contributed by atoms with Crippen LogP contribution in [0.3, 0.4) is 0 Å². The van der Waals surface area contributed by atoms with Crippen molar-refractivity contribution in [1.29, 1.82) is 0 Å². The molecule has 3 heterocycles. The number of benzene rings is 1. The zero-order valence-corrected chi connectivity index (χ0v) is 19.7. The van der Waals surface area contributed by atoms with Gasteiger partial charge in [-0.3, -0.25) is 9.69 Å². The Kier molecular flexibility index (Phi) is 6.70. The second-order valence-electron chi connectivity index (χ2n) is 9.48. The average Bonchev–Trinajstić information content (AvgIpc) is 2.82. The van der Waals surface area contributed by atoms with Crippen molar-refractivity contribution in [1.82, 2.24) is 19.8 Å². The highest BCUT2D eigenvalue weighted by Crippen LogP contribution is 2.30. The smallest absolute Gasteiger partial charge is 0.433 e. The van der Waals surface area contributed by atoms with Crippen LogP contribution in [0.1, 0.15) is 37.0 Å². The number of aliphatic hydroxyl groups excluding tert-OH is 1. The van der Waals surface area contributed by atoms with Gasteiger partial charge < -0.3 is 14.7 Å². The van der Waals surface area contributed by atoms with Crippen molar-refractivity contribution in [3.05, 3.63) is 60.0 Å². The first-order chi connectivity index (χ1) is 16.5. The van der Waals surface area contributed by atoms with Crippen LogP contribution in [0.2, 0.25) is 0 Å². The van der Waals surface area contributed by atoms with E-state index in [9.17, 15) is 23.1 Å². The molecule has 1 aliphatic heterocycles. The Labute approximate surface area is 201 Å². The van der Waals surface area contributed by atoms with Gasteiger partial charge in [-0.05, 0) is 57.2 Å². The fourth-order valence-electron chi connectivity index (χ4n) is 4.27. The molecule has 4 rings (SSSR count). The van der Waals surface area contributed by atoms with Crippen LogP contribution in [-0.2, 0) is 6.18 Å². The Hall–Kier alpha value is -3.24. The first kappa shape index (κ1) is 24.9. The summed E-state index contributed by atoms with van der Waals surface area (Å²) in [6.07, 6.45) is -3.49. The summed E-state index contributed by atoms with van der Waals surface area (Å²) in [5.41, 5.74) is -0.213. The van der Waals surface area contributed by atoms with E-state index >= 15 is 0 Å². The van der Waals surface area contributed by atoms with Gasteiger partial charge in [0.15, 0.2) is 0 Å². The van der Waals surface area contributed by atoms with Gasteiger partial charge in [-0.15, -0.1) is 0 Å².